The summed E-state index contributed by atoms with van der Waals surface area (Å²) >= 11 is 0. The lowest BCUT2D eigenvalue weighted by molar-refractivity contribution is 0.0778. The van der Waals surface area contributed by atoms with Crippen molar-refractivity contribution in [3.05, 3.63) is 29.6 Å². The number of rotatable bonds is 4. The molecule has 4 radical (unpaired) electrons. The van der Waals surface area contributed by atoms with E-state index in [9.17, 15) is 4.79 Å². The summed E-state index contributed by atoms with van der Waals surface area (Å²) in [5.41, 5.74) is 0.977. The Balaban J connectivity index is 0.00000109. The van der Waals surface area contributed by atoms with Crippen LogP contribution in [0.1, 0.15) is 62.6 Å². The predicted octanol–water partition coefficient (Wildman–Crippen LogP) is 2.52. The highest BCUT2D eigenvalue weighted by Crippen LogP contribution is 2.28. The van der Waals surface area contributed by atoms with Crippen molar-refractivity contribution in [1.29, 1.82) is 0 Å². The largest absolute Gasteiger partial charge is 0.337 e. The van der Waals surface area contributed by atoms with Gasteiger partial charge in [0.2, 0.25) is 0 Å². The van der Waals surface area contributed by atoms with Gasteiger partial charge in [0, 0.05) is 18.8 Å². The van der Waals surface area contributed by atoms with E-state index >= 15 is 0 Å². The molecule has 0 unspecified atom stereocenters. The molecular formula is C19H29B2N3O. The molecule has 0 N–H and O–H groups in total. The predicted molar refractivity (Wildman–Crippen MR) is 104 cm³/mol. The Bertz CT molecular complexity index is 582. The first-order valence-electron chi connectivity index (χ1n) is 9.47. The lowest BCUT2D eigenvalue weighted by atomic mass is 9.58. The maximum Gasteiger partial charge on any atom is 0.272 e. The molecule has 1 aromatic heterocycles. The Kier molecular flexibility index (Phi) is 6.72. The summed E-state index contributed by atoms with van der Waals surface area (Å²) < 4.78 is 0. The molecule has 1 aromatic rings. The Morgan fingerprint density at radius 1 is 1.20 bits per heavy atom. The molecule has 0 atom stereocenters. The first-order valence-corrected chi connectivity index (χ1v) is 9.47. The highest BCUT2D eigenvalue weighted by Gasteiger charge is 2.33. The van der Waals surface area contributed by atoms with E-state index in [-0.39, 0.29) is 5.91 Å². The van der Waals surface area contributed by atoms with E-state index in [1.54, 1.807) is 11.0 Å². The molecule has 3 rings (SSSR count). The first kappa shape index (κ1) is 20.0. The number of amides is 1. The second kappa shape index (κ2) is 8.39. The standard InChI is InChI=1S/C17H23B2N3O.C2H6/c1-12-8-10-22(11-9-12)17(18,19)15-5-3-4-14(20-15)16(23)21(2)13-6-7-13;1-2/h3-5,12-13H,6-11H2,1-2H3;1-2H3. The third-order valence-electron chi connectivity index (χ3n) is 5.10. The lowest BCUT2D eigenvalue weighted by Crippen LogP contribution is -2.51. The number of piperidine rings is 1. The van der Waals surface area contributed by atoms with Crippen LogP contribution in [0, 0.1) is 5.92 Å². The Hall–Kier alpha value is -1.29. The molecule has 132 valence electrons. The van der Waals surface area contributed by atoms with Crippen molar-refractivity contribution >= 4 is 21.6 Å². The monoisotopic (exact) mass is 337 g/mol. The zero-order chi connectivity index (χ0) is 18.6. The second-order valence-electron chi connectivity index (χ2n) is 7.05. The third kappa shape index (κ3) is 4.66. The van der Waals surface area contributed by atoms with Gasteiger partial charge < -0.3 is 9.80 Å². The van der Waals surface area contributed by atoms with Gasteiger partial charge in [0.15, 0.2) is 0 Å². The zero-order valence-corrected chi connectivity index (χ0v) is 16.0. The highest BCUT2D eigenvalue weighted by molar-refractivity contribution is 6.39. The number of carbonyl (C=O) groups excluding carboxylic acids is 1. The molecule has 1 aliphatic heterocycles. The maximum absolute atomic E-state index is 12.5. The molecule has 6 heteroatoms. The number of pyridine rings is 1. The third-order valence-corrected chi connectivity index (χ3v) is 5.10. The number of carbonyl (C=O) groups is 1. The van der Waals surface area contributed by atoms with Gasteiger partial charge in [0.1, 0.15) is 5.69 Å². The van der Waals surface area contributed by atoms with Crippen LogP contribution in [0.2, 0.25) is 0 Å². The van der Waals surface area contributed by atoms with Gasteiger partial charge in [-0.3, -0.25) is 4.79 Å². The average molecular weight is 337 g/mol. The van der Waals surface area contributed by atoms with Crippen LogP contribution in [0.3, 0.4) is 0 Å². The summed E-state index contributed by atoms with van der Waals surface area (Å²) in [7, 11) is 14.6. The summed E-state index contributed by atoms with van der Waals surface area (Å²) in [6.45, 7) is 7.96. The van der Waals surface area contributed by atoms with Crippen LogP contribution in [-0.2, 0) is 5.34 Å². The van der Waals surface area contributed by atoms with Crippen LogP contribution >= 0.6 is 0 Å². The van der Waals surface area contributed by atoms with Gasteiger partial charge >= 0.3 is 0 Å². The van der Waals surface area contributed by atoms with Crippen molar-refractivity contribution in [3.63, 3.8) is 0 Å². The maximum atomic E-state index is 12.5. The van der Waals surface area contributed by atoms with Crippen molar-refractivity contribution in [2.24, 2.45) is 5.92 Å². The summed E-state index contributed by atoms with van der Waals surface area (Å²) in [6, 6.07) is 5.72. The molecule has 2 heterocycles. The Morgan fingerprint density at radius 3 is 2.36 bits per heavy atom. The van der Waals surface area contributed by atoms with Crippen LogP contribution < -0.4 is 0 Å². The van der Waals surface area contributed by atoms with Gasteiger partial charge in [-0.15, -0.1) is 0 Å². The number of hydrogen-bond acceptors (Lipinski definition) is 3. The second-order valence-corrected chi connectivity index (χ2v) is 7.05. The molecule has 2 fully saturated rings. The molecule has 4 nitrogen and oxygen atoms in total. The molecule has 1 amide bonds. The van der Waals surface area contributed by atoms with E-state index in [0.29, 0.717) is 23.3 Å². The van der Waals surface area contributed by atoms with Crippen molar-refractivity contribution in [3.8, 4) is 0 Å². The fraction of sp³-hybridized carbons (Fsp3) is 0.684. The number of nitrogens with zero attached hydrogens (tertiary/aromatic N) is 3. The molecular weight excluding hydrogens is 308 g/mol. The molecule has 0 bridgehead atoms. The quantitative estimate of drug-likeness (QED) is 0.793. The normalized spacial score (nSPS) is 19.0. The Labute approximate surface area is 155 Å². The molecule has 1 saturated carbocycles. The highest BCUT2D eigenvalue weighted by atomic mass is 16.2. The SMILES string of the molecule is CC.[B]C([B])(c1cccc(C(=O)N(C)C2CC2)n1)N1CCC(C)CC1. The van der Waals surface area contributed by atoms with Crippen molar-refractivity contribution in [1.82, 2.24) is 14.8 Å². The van der Waals surface area contributed by atoms with Crippen molar-refractivity contribution in [2.45, 2.75) is 57.8 Å². The van der Waals surface area contributed by atoms with Gasteiger partial charge in [-0.1, -0.05) is 26.8 Å². The zero-order valence-electron chi connectivity index (χ0n) is 16.0. The van der Waals surface area contributed by atoms with Crippen LogP contribution in [0.15, 0.2) is 18.2 Å². The summed E-state index contributed by atoms with van der Waals surface area (Å²) in [6.07, 6.45) is 4.32. The van der Waals surface area contributed by atoms with Crippen LogP contribution in [0.4, 0.5) is 0 Å². The minimum Gasteiger partial charge on any atom is -0.337 e. The average Bonchev–Trinajstić information content (AvgIpc) is 3.48. The fourth-order valence-electron chi connectivity index (χ4n) is 3.13. The smallest absolute Gasteiger partial charge is 0.272 e. The van der Waals surface area contributed by atoms with Crippen molar-refractivity contribution < 1.29 is 4.79 Å². The molecule has 1 saturated heterocycles. The molecule has 2 aliphatic rings. The topological polar surface area (TPSA) is 36.4 Å². The van der Waals surface area contributed by atoms with E-state index in [1.807, 2.05) is 33.0 Å². The van der Waals surface area contributed by atoms with E-state index < -0.39 is 5.34 Å². The first-order chi connectivity index (χ1) is 11.9. The van der Waals surface area contributed by atoms with Gasteiger partial charge in [-0.25, -0.2) is 4.98 Å². The van der Waals surface area contributed by atoms with E-state index in [4.69, 9.17) is 15.7 Å². The molecule has 0 aromatic carbocycles. The molecule has 1 aliphatic carbocycles. The summed E-state index contributed by atoms with van der Waals surface area (Å²) in [5.74, 6) is 0.646. The summed E-state index contributed by atoms with van der Waals surface area (Å²) in [5, 5.41) is -1.13. The lowest BCUT2D eigenvalue weighted by Gasteiger charge is -2.43. The fourth-order valence-corrected chi connectivity index (χ4v) is 3.13. The van der Waals surface area contributed by atoms with Gasteiger partial charge in [0.05, 0.1) is 15.7 Å². The van der Waals surface area contributed by atoms with Gasteiger partial charge in [-0.2, -0.15) is 0 Å². The van der Waals surface area contributed by atoms with Crippen molar-refractivity contribution in [2.75, 3.05) is 20.1 Å². The summed E-state index contributed by atoms with van der Waals surface area (Å²) in [4.78, 5) is 20.8. The van der Waals surface area contributed by atoms with Crippen LogP contribution in [0.25, 0.3) is 0 Å². The number of hydrogen-bond donors (Lipinski definition) is 0. The van der Waals surface area contributed by atoms with E-state index in [2.05, 4.69) is 16.8 Å². The van der Waals surface area contributed by atoms with Crippen LogP contribution in [-0.4, -0.2) is 62.6 Å². The van der Waals surface area contributed by atoms with Crippen LogP contribution in [0.5, 0.6) is 0 Å². The Morgan fingerprint density at radius 2 is 1.80 bits per heavy atom. The van der Waals surface area contributed by atoms with E-state index in [1.165, 1.54) is 0 Å². The van der Waals surface area contributed by atoms with E-state index in [0.717, 1.165) is 38.8 Å². The van der Waals surface area contributed by atoms with Gasteiger partial charge in [-0.05, 0) is 62.2 Å². The minimum atomic E-state index is -1.13. The van der Waals surface area contributed by atoms with Gasteiger partial charge in [0.25, 0.3) is 5.91 Å². The number of likely N-dealkylation sites (tertiary alicyclic amines) is 1. The molecule has 25 heavy (non-hydrogen) atoms. The minimum absolute atomic E-state index is 0.0579. The molecule has 0 spiro atoms. The number of aromatic nitrogens is 1.